The highest BCUT2D eigenvalue weighted by molar-refractivity contribution is 7.98. The third-order valence-electron chi connectivity index (χ3n) is 3.45. The average Bonchev–Trinajstić information content (AvgIpc) is 2.55. The number of rotatable bonds is 2. The van der Waals surface area contributed by atoms with Crippen molar-refractivity contribution in [3.05, 3.63) is 59.4 Å². The van der Waals surface area contributed by atoms with Crippen LogP contribution in [0.1, 0.15) is 0 Å². The van der Waals surface area contributed by atoms with Gasteiger partial charge in [0.15, 0.2) is 4.91 Å². The Bertz CT molecular complexity index is 962. The Labute approximate surface area is 137 Å². The maximum Gasteiger partial charge on any atom is 0.220 e. The number of fused-ring (bicyclic) bond motifs is 1. The third-order valence-corrected chi connectivity index (χ3v) is 5.86. The van der Waals surface area contributed by atoms with Gasteiger partial charge in [-0.3, -0.25) is 0 Å². The van der Waals surface area contributed by atoms with E-state index < -0.39 is 20.6 Å². The van der Waals surface area contributed by atoms with Crippen molar-refractivity contribution in [1.29, 1.82) is 5.26 Å². The molecule has 1 aliphatic heterocycles. The Kier molecular flexibility index (Phi) is 3.88. The van der Waals surface area contributed by atoms with Crippen molar-refractivity contribution in [2.24, 2.45) is 0 Å². The minimum absolute atomic E-state index is 0.203. The van der Waals surface area contributed by atoms with E-state index in [9.17, 15) is 12.8 Å². The average molecular weight is 346 g/mol. The van der Waals surface area contributed by atoms with Crippen LogP contribution in [0.2, 0.25) is 0 Å². The summed E-state index contributed by atoms with van der Waals surface area (Å²) in [6, 6.07) is 12.7. The zero-order chi connectivity index (χ0) is 16.6. The van der Waals surface area contributed by atoms with E-state index in [2.05, 4.69) is 0 Å². The molecule has 0 bridgehead atoms. The van der Waals surface area contributed by atoms with Gasteiger partial charge >= 0.3 is 0 Å². The Morgan fingerprint density at radius 3 is 2.70 bits per heavy atom. The topological polar surface area (TPSA) is 61.2 Å². The fourth-order valence-corrected chi connectivity index (χ4v) is 4.10. The molecule has 2 aromatic carbocycles. The van der Waals surface area contributed by atoms with Crippen LogP contribution in [0.5, 0.6) is 0 Å². The maximum absolute atomic E-state index is 13.5. The molecule has 0 saturated carbocycles. The first-order chi connectivity index (χ1) is 11.0. The van der Waals surface area contributed by atoms with Gasteiger partial charge in [0.2, 0.25) is 9.84 Å². The lowest BCUT2D eigenvalue weighted by atomic mass is 10.2. The molecule has 4 nitrogen and oxygen atoms in total. The Morgan fingerprint density at radius 1 is 1.22 bits per heavy atom. The molecule has 0 amide bonds. The van der Waals surface area contributed by atoms with Gasteiger partial charge in [-0.1, -0.05) is 6.07 Å². The molecular weight excluding hydrogens is 335 g/mol. The van der Waals surface area contributed by atoms with Crippen molar-refractivity contribution in [3.63, 3.8) is 0 Å². The molecule has 2 aromatic rings. The molecule has 0 aliphatic carbocycles. The Hall–Kier alpha value is -2.30. The second-order valence-electron chi connectivity index (χ2n) is 4.79. The van der Waals surface area contributed by atoms with Gasteiger partial charge in [0.25, 0.3) is 0 Å². The van der Waals surface area contributed by atoms with Gasteiger partial charge in [-0.25, -0.2) is 12.8 Å². The Morgan fingerprint density at radius 2 is 2.00 bits per heavy atom. The molecular formula is C16H11FN2O2S2. The largest absolute Gasteiger partial charge is 0.314 e. The van der Waals surface area contributed by atoms with E-state index >= 15 is 0 Å². The van der Waals surface area contributed by atoms with Gasteiger partial charge in [0.1, 0.15) is 11.9 Å². The van der Waals surface area contributed by atoms with Crippen molar-refractivity contribution in [1.82, 2.24) is 0 Å². The fourth-order valence-electron chi connectivity index (χ4n) is 2.34. The zero-order valence-corrected chi connectivity index (χ0v) is 13.7. The summed E-state index contributed by atoms with van der Waals surface area (Å²) in [5.41, 5.74) is 1.02. The highest BCUT2D eigenvalue weighted by atomic mass is 32.2. The van der Waals surface area contributed by atoms with Gasteiger partial charge in [0.05, 0.1) is 10.6 Å². The molecule has 0 atom stereocenters. The number of allylic oxidation sites excluding steroid dienone is 1. The van der Waals surface area contributed by atoms with Crippen LogP contribution in [0, 0.1) is 17.1 Å². The van der Waals surface area contributed by atoms with E-state index in [0.717, 1.165) is 11.0 Å². The van der Waals surface area contributed by atoms with Gasteiger partial charge < -0.3 is 4.90 Å². The molecule has 23 heavy (non-hydrogen) atoms. The normalized spacial score (nSPS) is 15.5. The monoisotopic (exact) mass is 346 g/mol. The smallest absolute Gasteiger partial charge is 0.220 e. The SMILES string of the molecule is CSc1cccc(N2C=C(C#N)S(=O)(=O)c3cc(F)ccc32)c1. The van der Waals surface area contributed by atoms with Crippen molar-refractivity contribution < 1.29 is 12.8 Å². The number of benzene rings is 2. The zero-order valence-electron chi connectivity index (χ0n) is 12.0. The van der Waals surface area contributed by atoms with Crippen molar-refractivity contribution in [2.75, 3.05) is 11.2 Å². The quantitative estimate of drug-likeness (QED) is 0.773. The lowest BCUT2D eigenvalue weighted by Gasteiger charge is -2.27. The number of nitriles is 1. The van der Waals surface area contributed by atoms with Crippen molar-refractivity contribution >= 4 is 33.0 Å². The number of hydrogen-bond donors (Lipinski definition) is 0. The Balaban J connectivity index is 2.28. The van der Waals surface area contributed by atoms with Gasteiger partial charge in [-0.15, -0.1) is 11.8 Å². The highest BCUT2D eigenvalue weighted by Crippen LogP contribution is 2.40. The molecule has 7 heteroatoms. The number of sulfone groups is 1. The number of hydrogen-bond acceptors (Lipinski definition) is 5. The van der Waals surface area contributed by atoms with Gasteiger partial charge in [-0.2, -0.15) is 5.26 Å². The molecule has 1 heterocycles. The predicted molar refractivity (Wildman–Crippen MR) is 87.6 cm³/mol. The molecule has 3 rings (SSSR count). The van der Waals surface area contributed by atoms with Crippen LogP contribution in [-0.2, 0) is 9.84 Å². The molecule has 0 N–H and O–H groups in total. The predicted octanol–water partition coefficient (Wildman–Crippen LogP) is 3.84. The lowest BCUT2D eigenvalue weighted by molar-refractivity contribution is 0.596. The third kappa shape index (κ3) is 2.60. The van der Waals surface area contributed by atoms with Crippen LogP contribution in [0.4, 0.5) is 15.8 Å². The summed E-state index contributed by atoms with van der Waals surface area (Å²) in [5.74, 6) is -0.663. The second-order valence-corrected chi connectivity index (χ2v) is 7.56. The number of halogens is 1. The molecule has 0 radical (unpaired) electrons. The summed E-state index contributed by atoms with van der Waals surface area (Å²) in [5, 5.41) is 9.16. The summed E-state index contributed by atoms with van der Waals surface area (Å²) in [7, 11) is -4.00. The summed E-state index contributed by atoms with van der Waals surface area (Å²) >= 11 is 1.55. The van der Waals surface area contributed by atoms with Crippen molar-refractivity contribution in [3.8, 4) is 6.07 Å². The van der Waals surface area contributed by atoms with E-state index in [1.807, 2.05) is 24.5 Å². The standard InChI is InChI=1S/C16H11FN2O2S2/c1-22-13-4-2-3-12(8-13)19-10-14(9-18)23(20,21)16-7-11(17)5-6-15(16)19/h2-8,10H,1H3. The lowest BCUT2D eigenvalue weighted by Crippen LogP contribution is -2.21. The molecule has 0 unspecified atom stereocenters. The van der Waals surface area contributed by atoms with E-state index in [0.29, 0.717) is 11.4 Å². The highest BCUT2D eigenvalue weighted by Gasteiger charge is 2.32. The fraction of sp³-hybridized carbons (Fsp3) is 0.0625. The first kappa shape index (κ1) is 15.6. The van der Waals surface area contributed by atoms with Crippen LogP contribution in [-0.4, -0.2) is 14.7 Å². The van der Waals surface area contributed by atoms with Crippen LogP contribution >= 0.6 is 11.8 Å². The first-order valence-electron chi connectivity index (χ1n) is 6.57. The molecule has 0 fully saturated rings. The number of nitrogens with zero attached hydrogens (tertiary/aromatic N) is 2. The molecule has 0 spiro atoms. The molecule has 116 valence electrons. The van der Waals surface area contributed by atoms with Gasteiger partial charge in [-0.05, 0) is 42.7 Å². The minimum Gasteiger partial charge on any atom is -0.314 e. The summed E-state index contributed by atoms with van der Waals surface area (Å²) < 4.78 is 38.3. The summed E-state index contributed by atoms with van der Waals surface area (Å²) in [6.07, 6.45) is 3.20. The first-order valence-corrected chi connectivity index (χ1v) is 9.28. The summed E-state index contributed by atoms with van der Waals surface area (Å²) in [6.45, 7) is 0. The van der Waals surface area contributed by atoms with E-state index in [1.54, 1.807) is 28.8 Å². The van der Waals surface area contributed by atoms with E-state index in [4.69, 9.17) is 5.26 Å². The minimum atomic E-state index is -4.00. The number of anilines is 2. The molecule has 0 aromatic heterocycles. The van der Waals surface area contributed by atoms with Crippen LogP contribution in [0.3, 0.4) is 0 Å². The van der Waals surface area contributed by atoms with Crippen LogP contribution in [0.25, 0.3) is 0 Å². The summed E-state index contributed by atoms with van der Waals surface area (Å²) in [4.78, 5) is 1.97. The van der Waals surface area contributed by atoms with Gasteiger partial charge in [0, 0.05) is 16.8 Å². The maximum atomic E-state index is 13.5. The second kappa shape index (κ2) is 5.72. The van der Waals surface area contributed by atoms with Crippen LogP contribution < -0.4 is 4.90 Å². The molecule has 1 aliphatic rings. The number of thioether (sulfide) groups is 1. The molecule has 0 saturated heterocycles. The van der Waals surface area contributed by atoms with Crippen LogP contribution in [0.15, 0.2) is 63.4 Å². The van der Waals surface area contributed by atoms with E-state index in [-0.39, 0.29) is 4.90 Å². The van der Waals surface area contributed by atoms with E-state index in [1.165, 1.54) is 18.3 Å². The van der Waals surface area contributed by atoms with Crippen molar-refractivity contribution in [2.45, 2.75) is 9.79 Å².